The van der Waals surface area contributed by atoms with Crippen molar-refractivity contribution >= 4 is 34.5 Å². The highest BCUT2D eigenvalue weighted by atomic mass is 31.2. The van der Waals surface area contributed by atoms with Crippen LogP contribution in [0.2, 0.25) is 18.1 Å². The molecule has 3 aromatic rings. The number of rotatable bonds is 16. The summed E-state index contributed by atoms with van der Waals surface area (Å²) in [6, 6.07) is 20.9. The lowest BCUT2D eigenvalue weighted by Gasteiger charge is -2.42. The number of amides is 1. The average Bonchev–Trinajstić information content (AvgIpc) is 3.42. The molecule has 1 saturated heterocycles. The van der Waals surface area contributed by atoms with E-state index >= 15 is 0 Å². The maximum Gasteiger partial charge on any atom is 0.351 e. The van der Waals surface area contributed by atoms with E-state index < -0.39 is 58.9 Å². The Labute approximate surface area is 314 Å². The number of nitrogens with one attached hydrogen (secondary N) is 1. The van der Waals surface area contributed by atoms with Crippen LogP contribution in [-0.4, -0.2) is 78.0 Å². The molecule has 286 valence electrons. The predicted molar refractivity (Wildman–Crippen MR) is 206 cm³/mol. The summed E-state index contributed by atoms with van der Waals surface area (Å²) >= 11 is 0. The largest absolute Gasteiger partial charge is 0.459 e. The van der Waals surface area contributed by atoms with Crippen LogP contribution in [0.15, 0.2) is 77.7 Å². The second-order valence-corrected chi connectivity index (χ2v) is 21.0. The molecule has 0 radical (unpaired) electrons. The quantitative estimate of drug-likeness (QED) is 0.0676. The van der Waals surface area contributed by atoms with E-state index in [1.54, 1.807) is 54.6 Å². The minimum atomic E-state index is -2.60. The van der Waals surface area contributed by atoms with E-state index in [2.05, 4.69) is 54.9 Å². The van der Waals surface area contributed by atoms with Crippen LogP contribution in [0.25, 0.3) is 0 Å². The summed E-state index contributed by atoms with van der Waals surface area (Å²) in [5.41, 5.74) is 0.0950. The van der Waals surface area contributed by atoms with Crippen molar-refractivity contribution in [3.05, 3.63) is 94.5 Å². The van der Waals surface area contributed by atoms with Crippen molar-refractivity contribution in [3.63, 3.8) is 0 Å². The monoisotopic (exact) mass is 765 g/mol. The average molecular weight is 766 g/mol. The van der Waals surface area contributed by atoms with E-state index in [9.17, 15) is 19.6 Å². The molecular weight excluding hydrogens is 714 g/mol. The Kier molecular flexibility index (Phi) is 14.6. The van der Waals surface area contributed by atoms with Crippen molar-refractivity contribution < 1.29 is 32.5 Å². The van der Waals surface area contributed by atoms with Gasteiger partial charge in [0.15, 0.2) is 14.5 Å². The number of aromatic nitrogens is 2. The van der Waals surface area contributed by atoms with Gasteiger partial charge < -0.3 is 28.3 Å². The summed E-state index contributed by atoms with van der Waals surface area (Å²) in [5.74, 6) is -0.890. The molecule has 0 aliphatic carbocycles. The van der Waals surface area contributed by atoms with Gasteiger partial charge in [-0.25, -0.2) is 14.3 Å². The van der Waals surface area contributed by atoms with Crippen molar-refractivity contribution in [2.45, 2.75) is 110 Å². The van der Waals surface area contributed by atoms with Gasteiger partial charge in [-0.15, -0.1) is 0 Å². The first-order valence-corrected chi connectivity index (χ1v) is 21.8. The molecule has 13 nitrogen and oxygen atoms in total. The molecule has 2 unspecified atom stereocenters. The topological polar surface area (TPSA) is 154 Å². The Hall–Kier alpha value is -3.80. The standard InChI is InChI=1S/C38H52N5O8PSi/c1-26(2)43(27(3)4)52(48-24-16-22-39)50-32-30(25-47-36(45)29-19-14-11-15-20-29)49-35(33(32)51-53(8,9)38(5,6)7)42-23-21-31(41-37(42)46)40-34(44)28-17-12-10-13-18-28/h10-15,17-21,23,26-27,30,32-33,35H,16,24-25H2,1-9H3,(H,40,41,44,46)/t30-,32+,33?,35-,52?/m1/s1. The number of carbonyl (C=O) groups is 2. The summed E-state index contributed by atoms with van der Waals surface area (Å²) < 4.78 is 36.1. The molecule has 2 heterocycles. The van der Waals surface area contributed by atoms with E-state index in [-0.39, 0.29) is 42.6 Å². The third-order valence-electron chi connectivity index (χ3n) is 9.17. The van der Waals surface area contributed by atoms with Gasteiger partial charge in [0, 0.05) is 23.8 Å². The third kappa shape index (κ3) is 10.9. The molecule has 1 aromatic heterocycles. The molecule has 0 bridgehead atoms. The number of benzene rings is 2. The second-order valence-electron chi connectivity index (χ2n) is 14.8. The number of hydrogen-bond acceptors (Lipinski definition) is 11. The molecule has 53 heavy (non-hydrogen) atoms. The summed E-state index contributed by atoms with van der Waals surface area (Å²) in [6.45, 7) is 18.6. The van der Waals surface area contributed by atoms with E-state index in [1.165, 1.54) is 16.8 Å². The zero-order valence-electron chi connectivity index (χ0n) is 32.0. The lowest BCUT2D eigenvalue weighted by molar-refractivity contribution is -0.0580. The van der Waals surface area contributed by atoms with Crippen LogP contribution < -0.4 is 11.0 Å². The zero-order chi connectivity index (χ0) is 38.9. The highest BCUT2D eigenvalue weighted by Gasteiger charge is 2.54. The van der Waals surface area contributed by atoms with Gasteiger partial charge in [-0.3, -0.25) is 9.36 Å². The van der Waals surface area contributed by atoms with Crippen LogP contribution in [0.1, 0.15) is 81.8 Å². The van der Waals surface area contributed by atoms with Crippen LogP contribution >= 0.6 is 8.53 Å². The number of ether oxygens (including phenoxy) is 2. The van der Waals surface area contributed by atoms with E-state index in [1.807, 2.05) is 33.8 Å². The van der Waals surface area contributed by atoms with Gasteiger partial charge in [0.25, 0.3) is 14.4 Å². The molecule has 2 aromatic carbocycles. The first-order chi connectivity index (χ1) is 25.0. The second kappa shape index (κ2) is 18.5. The van der Waals surface area contributed by atoms with Crippen LogP contribution in [0.4, 0.5) is 5.82 Å². The molecule has 0 spiro atoms. The molecule has 0 saturated carbocycles. The molecule has 1 fully saturated rings. The number of esters is 1. The van der Waals surface area contributed by atoms with Crippen LogP contribution in [0.3, 0.4) is 0 Å². The Bertz CT molecular complexity index is 1760. The number of hydrogen-bond donors (Lipinski definition) is 1. The number of nitrogens with zero attached hydrogens (tertiary/aromatic N) is 4. The maximum atomic E-state index is 13.8. The summed E-state index contributed by atoms with van der Waals surface area (Å²) in [7, 11) is -4.41. The van der Waals surface area contributed by atoms with Crippen molar-refractivity contribution in [3.8, 4) is 6.07 Å². The van der Waals surface area contributed by atoms with Crippen molar-refractivity contribution in [1.82, 2.24) is 14.2 Å². The van der Waals surface area contributed by atoms with Crippen LogP contribution in [-0.2, 0) is 22.9 Å². The highest BCUT2D eigenvalue weighted by molar-refractivity contribution is 7.44. The van der Waals surface area contributed by atoms with E-state index in [0.717, 1.165) is 0 Å². The molecule has 5 atom stereocenters. The van der Waals surface area contributed by atoms with Gasteiger partial charge in [-0.2, -0.15) is 10.2 Å². The lowest BCUT2D eigenvalue weighted by atomic mass is 10.1. The Morgan fingerprint density at radius 3 is 2.15 bits per heavy atom. The maximum absolute atomic E-state index is 13.8. The number of nitriles is 1. The normalized spacial score (nSPS) is 19.7. The molecule has 15 heteroatoms. The molecular formula is C38H52N5O8PSi. The first-order valence-electron chi connectivity index (χ1n) is 17.8. The Balaban J connectivity index is 1.78. The molecule has 1 N–H and O–H groups in total. The van der Waals surface area contributed by atoms with Gasteiger partial charge >= 0.3 is 11.7 Å². The highest BCUT2D eigenvalue weighted by Crippen LogP contribution is 2.51. The fourth-order valence-corrected chi connectivity index (χ4v) is 8.56. The summed E-state index contributed by atoms with van der Waals surface area (Å²) in [4.78, 5) is 44.0. The van der Waals surface area contributed by atoms with Gasteiger partial charge in [0.1, 0.15) is 30.7 Å². The Morgan fingerprint density at radius 2 is 1.60 bits per heavy atom. The predicted octanol–water partition coefficient (Wildman–Crippen LogP) is 7.30. The molecule has 1 aliphatic heterocycles. The molecule has 1 aliphatic rings. The zero-order valence-corrected chi connectivity index (χ0v) is 33.9. The molecule has 4 rings (SSSR count). The van der Waals surface area contributed by atoms with Crippen LogP contribution in [0.5, 0.6) is 0 Å². The van der Waals surface area contributed by atoms with Crippen molar-refractivity contribution in [1.29, 1.82) is 5.26 Å². The summed E-state index contributed by atoms with van der Waals surface area (Å²) in [6.07, 6.45) is -2.08. The van der Waals surface area contributed by atoms with Crippen LogP contribution in [0, 0.1) is 11.3 Å². The minimum absolute atomic E-state index is 0.000827. The van der Waals surface area contributed by atoms with Crippen molar-refractivity contribution in [2.24, 2.45) is 0 Å². The Morgan fingerprint density at radius 1 is 1.00 bits per heavy atom. The van der Waals surface area contributed by atoms with E-state index in [0.29, 0.717) is 11.1 Å². The third-order valence-corrected chi connectivity index (χ3v) is 15.8. The number of carbonyl (C=O) groups excluding carboxylic acids is 2. The SMILES string of the molecule is CC(C)N(C(C)C)P(OCCC#N)O[C@@H]1C(O[Si](C)(C)C(C)(C)C)[C@H](n2ccc(NC(=O)c3ccccc3)nc2=O)O[C@@H]1COC(=O)c1ccccc1. The number of anilines is 1. The fourth-order valence-electron chi connectivity index (χ4n) is 5.50. The van der Waals surface area contributed by atoms with Gasteiger partial charge in [-0.05, 0) is 76.2 Å². The van der Waals surface area contributed by atoms with Crippen molar-refractivity contribution in [2.75, 3.05) is 18.5 Å². The van der Waals surface area contributed by atoms with Gasteiger partial charge in [0.05, 0.1) is 24.7 Å². The van der Waals surface area contributed by atoms with E-state index in [4.69, 9.17) is 22.9 Å². The summed E-state index contributed by atoms with van der Waals surface area (Å²) in [5, 5.41) is 11.8. The van der Waals surface area contributed by atoms with Gasteiger partial charge in [-0.1, -0.05) is 57.2 Å². The smallest absolute Gasteiger partial charge is 0.351 e. The first kappa shape index (κ1) is 41.9. The van der Waals surface area contributed by atoms with Gasteiger partial charge in [0.2, 0.25) is 0 Å². The minimum Gasteiger partial charge on any atom is -0.459 e. The molecule has 1 amide bonds. The lowest BCUT2D eigenvalue weighted by Crippen LogP contribution is -2.50. The fraction of sp³-hybridized carbons (Fsp3) is 0.500.